The van der Waals surface area contributed by atoms with Gasteiger partial charge in [0.15, 0.2) is 5.13 Å². The molecule has 0 fully saturated rings. The van der Waals surface area contributed by atoms with Crippen LogP contribution in [0.1, 0.15) is 30.3 Å². The van der Waals surface area contributed by atoms with Gasteiger partial charge in [0, 0.05) is 18.1 Å². The smallest absolute Gasteiger partial charge is 0.266 e. The summed E-state index contributed by atoms with van der Waals surface area (Å²) in [6.07, 6.45) is 7.07. The van der Waals surface area contributed by atoms with Crippen molar-refractivity contribution in [3.8, 4) is 0 Å². The highest BCUT2D eigenvalue weighted by Gasteiger charge is 2.24. The van der Waals surface area contributed by atoms with E-state index in [2.05, 4.69) is 21.7 Å². The van der Waals surface area contributed by atoms with Crippen LogP contribution >= 0.6 is 11.3 Å². The number of nitrogens with one attached hydrogen (secondary N) is 1. The molecule has 21 heavy (non-hydrogen) atoms. The maximum atomic E-state index is 12.3. The molecule has 0 spiro atoms. The van der Waals surface area contributed by atoms with Crippen LogP contribution in [0.2, 0.25) is 0 Å². The first-order valence-electron chi connectivity index (χ1n) is 6.98. The lowest BCUT2D eigenvalue weighted by atomic mass is 9.89. The number of sulfonamides is 1. The molecule has 2 heterocycles. The first kappa shape index (κ1) is 14.5. The predicted octanol–water partition coefficient (Wildman–Crippen LogP) is 2.19. The molecule has 1 aliphatic carbocycles. The normalized spacial score (nSPS) is 18.5. The van der Waals surface area contributed by atoms with Crippen molar-refractivity contribution in [2.75, 3.05) is 4.72 Å². The van der Waals surface area contributed by atoms with E-state index in [0.717, 1.165) is 31.4 Å². The third-order valence-electron chi connectivity index (χ3n) is 3.83. The molecule has 1 aliphatic rings. The van der Waals surface area contributed by atoms with Crippen LogP contribution in [0.3, 0.4) is 0 Å². The third-order valence-corrected chi connectivity index (χ3v) is 6.29. The van der Waals surface area contributed by atoms with Gasteiger partial charge in [-0.3, -0.25) is 9.40 Å². The Bertz CT molecular complexity index is 748. The molecule has 0 bridgehead atoms. The first-order chi connectivity index (χ1) is 9.98. The number of nitrogens with zero attached hydrogens (tertiary/aromatic N) is 3. The summed E-state index contributed by atoms with van der Waals surface area (Å²) in [4.78, 5) is 5.81. The number of aromatic nitrogens is 3. The van der Waals surface area contributed by atoms with Crippen LogP contribution in [0.25, 0.3) is 0 Å². The van der Waals surface area contributed by atoms with E-state index in [4.69, 9.17) is 0 Å². The molecular formula is C13H18N4O2S2. The summed E-state index contributed by atoms with van der Waals surface area (Å²) in [5, 5.41) is 4.35. The van der Waals surface area contributed by atoms with Crippen molar-refractivity contribution in [3.05, 3.63) is 23.0 Å². The minimum atomic E-state index is -3.60. The summed E-state index contributed by atoms with van der Waals surface area (Å²) in [6.45, 7) is 2.20. The van der Waals surface area contributed by atoms with Crippen LogP contribution in [-0.4, -0.2) is 23.2 Å². The lowest BCUT2D eigenvalue weighted by Gasteiger charge is -2.18. The summed E-state index contributed by atoms with van der Waals surface area (Å²) in [6, 6.07) is 0. The van der Waals surface area contributed by atoms with Gasteiger partial charge in [-0.1, -0.05) is 13.3 Å². The van der Waals surface area contributed by atoms with Crippen molar-refractivity contribution < 1.29 is 8.42 Å². The second kappa shape index (κ2) is 5.42. The number of thiazole rings is 1. The molecule has 1 atom stereocenters. The molecule has 8 heteroatoms. The van der Waals surface area contributed by atoms with Gasteiger partial charge in [-0.25, -0.2) is 13.4 Å². The Morgan fingerprint density at radius 1 is 1.52 bits per heavy atom. The molecule has 2 aromatic heterocycles. The van der Waals surface area contributed by atoms with Crippen molar-refractivity contribution in [2.45, 2.75) is 37.5 Å². The Kier molecular flexibility index (Phi) is 3.75. The molecule has 2 aromatic rings. The van der Waals surface area contributed by atoms with Crippen molar-refractivity contribution >= 4 is 26.5 Å². The Hall–Kier alpha value is -1.41. The van der Waals surface area contributed by atoms with Gasteiger partial charge >= 0.3 is 0 Å². The first-order valence-corrected chi connectivity index (χ1v) is 9.28. The Morgan fingerprint density at radius 3 is 3.00 bits per heavy atom. The molecule has 0 unspecified atom stereocenters. The third kappa shape index (κ3) is 2.96. The van der Waals surface area contributed by atoms with Crippen LogP contribution < -0.4 is 4.72 Å². The molecule has 0 saturated carbocycles. The maximum Gasteiger partial charge on any atom is 0.266 e. The summed E-state index contributed by atoms with van der Waals surface area (Å²) < 4.78 is 28.5. The number of hydrogen-bond donors (Lipinski definition) is 1. The van der Waals surface area contributed by atoms with Crippen LogP contribution in [0, 0.1) is 5.92 Å². The molecule has 3 rings (SSSR count). The van der Waals surface area contributed by atoms with Gasteiger partial charge in [0.1, 0.15) is 4.90 Å². The minimum Gasteiger partial charge on any atom is -0.274 e. The quantitative estimate of drug-likeness (QED) is 0.934. The lowest BCUT2D eigenvalue weighted by Crippen LogP contribution is -2.12. The highest BCUT2D eigenvalue weighted by molar-refractivity contribution is 7.93. The standard InChI is InChI=1S/C13H18N4O2S2/c1-3-9-4-5-11-12(6-9)20-13(15-11)16-21(18,19)10-7-14-17(2)8-10/h7-9H,3-6H2,1-2H3,(H,15,16)/t9-/m1/s1. The van der Waals surface area contributed by atoms with Gasteiger partial charge in [0.05, 0.1) is 11.9 Å². The van der Waals surface area contributed by atoms with Gasteiger partial charge in [0.2, 0.25) is 0 Å². The topological polar surface area (TPSA) is 76.9 Å². The number of fused-ring (bicyclic) bond motifs is 1. The van der Waals surface area contributed by atoms with Crippen molar-refractivity contribution in [1.29, 1.82) is 0 Å². The van der Waals surface area contributed by atoms with Gasteiger partial charge in [0.25, 0.3) is 10.0 Å². The van der Waals surface area contributed by atoms with Gasteiger partial charge in [-0.05, 0) is 25.2 Å². The highest BCUT2D eigenvalue weighted by Crippen LogP contribution is 2.34. The second-order valence-corrected chi connectivity index (χ2v) is 8.13. The Morgan fingerprint density at radius 2 is 2.33 bits per heavy atom. The van der Waals surface area contributed by atoms with E-state index < -0.39 is 10.0 Å². The predicted molar refractivity (Wildman–Crippen MR) is 81.9 cm³/mol. The zero-order chi connectivity index (χ0) is 15.0. The van der Waals surface area contributed by atoms with Crippen LogP contribution in [0.4, 0.5) is 5.13 Å². The van der Waals surface area contributed by atoms with Crippen LogP contribution in [0.15, 0.2) is 17.3 Å². The van der Waals surface area contributed by atoms with Gasteiger partial charge < -0.3 is 0 Å². The fourth-order valence-corrected chi connectivity index (χ4v) is 4.89. The zero-order valence-electron chi connectivity index (χ0n) is 12.0. The van der Waals surface area contributed by atoms with E-state index in [9.17, 15) is 8.42 Å². The van der Waals surface area contributed by atoms with E-state index in [1.165, 1.54) is 33.3 Å². The average Bonchev–Trinajstić information content (AvgIpc) is 3.03. The van der Waals surface area contributed by atoms with E-state index in [1.807, 2.05) is 0 Å². The summed E-state index contributed by atoms with van der Waals surface area (Å²) in [5.41, 5.74) is 1.05. The maximum absolute atomic E-state index is 12.3. The SMILES string of the molecule is CC[C@@H]1CCc2nc(NS(=O)(=O)c3cnn(C)c3)sc2C1. The van der Waals surface area contributed by atoms with Crippen molar-refractivity contribution in [3.63, 3.8) is 0 Å². The molecule has 114 valence electrons. The molecule has 1 N–H and O–H groups in total. The van der Waals surface area contributed by atoms with E-state index >= 15 is 0 Å². The molecule has 0 radical (unpaired) electrons. The van der Waals surface area contributed by atoms with Crippen LogP contribution in [0.5, 0.6) is 0 Å². The largest absolute Gasteiger partial charge is 0.274 e. The van der Waals surface area contributed by atoms with Gasteiger partial charge in [-0.15, -0.1) is 11.3 Å². The number of rotatable bonds is 4. The average molecular weight is 326 g/mol. The molecule has 0 aliphatic heterocycles. The highest BCUT2D eigenvalue weighted by atomic mass is 32.2. The molecular weight excluding hydrogens is 308 g/mol. The number of aryl methyl sites for hydroxylation is 2. The van der Waals surface area contributed by atoms with E-state index in [1.54, 1.807) is 7.05 Å². The number of hydrogen-bond acceptors (Lipinski definition) is 5. The number of anilines is 1. The monoisotopic (exact) mass is 326 g/mol. The summed E-state index contributed by atoms with van der Waals surface area (Å²) >= 11 is 1.45. The fourth-order valence-electron chi connectivity index (χ4n) is 2.55. The lowest BCUT2D eigenvalue weighted by molar-refractivity contribution is 0.446. The Balaban J connectivity index is 1.81. The van der Waals surface area contributed by atoms with Gasteiger partial charge in [-0.2, -0.15) is 5.10 Å². The summed E-state index contributed by atoms with van der Waals surface area (Å²) in [7, 11) is -1.91. The second-order valence-electron chi connectivity index (χ2n) is 5.36. The zero-order valence-corrected chi connectivity index (χ0v) is 13.7. The Labute approximate surface area is 128 Å². The van der Waals surface area contributed by atoms with E-state index in [0.29, 0.717) is 11.0 Å². The fraction of sp³-hybridized carbons (Fsp3) is 0.538. The molecule has 6 nitrogen and oxygen atoms in total. The van der Waals surface area contributed by atoms with E-state index in [-0.39, 0.29) is 4.90 Å². The minimum absolute atomic E-state index is 0.157. The van der Waals surface area contributed by atoms with Crippen molar-refractivity contribution in [2.24, 2.45) is 13.0 Å². The van der Waals surface area contributed by atoms with Crippen molar-refractivity contribution in [1.82, 2.24) is 14.8 Å². The van der Waals surface area contributed by atoms with Crippen LogP contribution in [-0.2, 0) is 29.9 Å². The molecule has 0 saturated heterocycles. The molecule has 0 aromatic carbocycles. The molecule has 0 amide bonds. The summed E-state index contributed by atoms with van der Waals surface area (Å²) in [5.74, 6) is 0.695.